The van der Waals surface area contributed by atoms with Gasteiger partial charge in [0.05, 0.1) is 19.7 Å². The highest BCUT2D eigenvalue weighted by molar-refractivity contribution is 5.91. The first-order chi connectivity index (χ1) is 15.8. The van der Waals surface area contributed by atoms with Gasteiger partial charge in [0.1, 0.15) is 12.1 Å². The Hall–Kier alpha value is -2.94. The van der Waals surface area contributed by atoms with Crippen LogP contribution in [0.1, 0.15) is 49.3 Å². The fourth-order valence-corrected chi connectivity index (χ4v) is 4.61. The van der Waals surface area contributed by atoms with Gasteiger partial charge in [-0.15, -0.1) is 0 Å². The Balaban J connectivity index is 1.55. The molecule has 0 unspecified atom stereocenters. The predicted molar refractivity (Wildman–Crippen MR) is 122 cm³/mol. The molecular weight excluding hydrogens is 424 g/mol. The molecule has 3 amide bonds. The monoisotopic (exact) mass is 458 g/mol. The van der Waals surface area contributed by atoms with Crippen LogP contribution in [0.25, 0.3) is 0 Å². The molecule has 2 N–H and O–H groups in total. The largest absolute Gasteiger partial charge is 0.467 e. The molecule has 9 nitrogen and oxygen atoms in total. The van der Waals surface area contributed by atoms with Crippen LogP contribution >= 0.6 is 0 Å². The number of amides is 3. The van der Waals surface area contributed by atoms with Crippen molar-refractivity contribution in [2.45, 2.75) is 56.7 Å². The number of carbonyl (C=O) groups is 4. The molecule has 1 saturated heterocycles. The molecule has 0 aromatic heterocycles. The van der Waals surface area contributed by atoms with Gasteiger partial charge in [0.15, 0.2) is 0 Å². The highest BCUT2D eigenvalue weighted by Crippen LogP contribution is 2.30. The van der Waals surface area contributed by atoms with Crippen LogP contribution in [-0.2, 0) is 30.3 Å². The lowest BCUT2D eigenvalue weighted by Crippen LogP contribution is -2.52. The number of likely N-dealkylation sites (N-methyl/N-ethyl adjacent to an activating group) is 1. The van der Waals surface area contributed by atoms with E-state index in [4.69, 9.17) is 4.74 Å². The second kappa shape index (κ2) is 11.3. The molecule has 0 spiro atoms. The number of hydrogen-bond acceptors (Lipinski definition) is 6. The highest BCUT2D eigenvalue weighted by atomic mass is 16.5. The van der Waals surface area contributed by atoms with Gasteiger partial charge in [-0.25, -0.2) is 4.79 Å². The van der Waals surface area contributed by atoms with Crippen LogP contribution in [0.3, 0.4) is 0 Å². The number of nitrogens with one attached hydrogen (secondary N) is 2. The zero-order chi connectivity index (χ0) is 24.0. The Morgan fingerprint density at radius 1 is 1.18 bits per heavy atom. The second-order valence-electron chi connectivity index (χ2n) is 8.96. The lowest BCUT2D eigenvalue weighted by Gasteiger charge is -2.27. The summed E-state index contributed by atoms with van der Waals surface area (Å²) >= 11 is 0. The number of likely N-dealkylation sites (tertiary alicyclic amines) is 1. The van der Waals surface area contributed by atoms with E-state index in [2.05, 4.69) is 16.7 Å². The summed E-state index contributed by atoms with van der Waals surface area (Å²) in [5.74, 6) is -1.29. The minimum Gasteiger partial charge on any atom is -0.467 e. The van der Waals surface area contributed by atoms with Gasteiger partial charge < -0.3 is 25.2 Å². The summed E-state index contributed by atoms with van der Waals surface area (Å²) in [5, 5.41) is 5.75. The van der Waals surface area contributed by atoms with Gasteiger partial charge in [0.2, 0.25) is 17.7 Å². The summed E-state index contributed by atoms with van der Waals surface area (Å²) in [5.41, 5.74) is 2.37. The van der Waals surface area contributed by atoms with E-state index in [1.807, 2.05) is 18.2 Å². The van der Waals surface area contributed by atoms with Crippen molar-refractivity contribution in [3.05, 3.63) is 35.4 Å². The molecule has 0 saturated carbocycles. The quantitative estimate of drug-likeness (QED) is 0.530. The van der Waals surface area contributed by atoms with Crippen molar-refractivity contribution in [3.8, 4) is 0 Å². The molecule has 180 valence electrons. The Bertz CT molecular complexity index is 887. The maximum Gasteiger partial charge on any atom is 0.328 e. The van der Waals surface area contributed by atoms with E-state index >= 15 is 0 Å². The van der Waals surface area contributed by atoms with Crippen molar-refractivity contribution in [1.82, 2.24) is 20.4 Å². The molecule has 0 radical (unpaired) electrons. The first kappa shape index (κ1) is 24.7. The number of fused-ring (bicyclic) bond motifs is 1. The van der Waals surface area contributed by atoms with Gasteiger partial charge in [0.25, 0.3) is 0 Å². The third-order valence-electron chi connectivity index (χ3n) is 6.26. The maximum absolute atomic E-state index is 12.9. The number of nitrogens with zero attached hydrogens (tertiary/aromatic N) is 2. The number of benzene rings is 1. The summed E-state index contributed by atoms with van der Waals surface area (Å²) in [7, 11) is 4.84. The number of rotatable bonds is 9. The standard InChI is InChI=1S/C24H34N4O5/c1-27(2)15-22(30)28-14-6-9-20(28)23(31)26-19(24(32)33-3)12-13-21(29)25-18-11-10-16-7-4-5-8-17(16)18/h4-5,7-8,18-20H,6,9-15H2,1-3H3,(H,25,29)(H,26,31)/t18-,19+,20+/m1/s1. The van der Waals surface area contributed by atoms with Crippen LogP contribution in [0.2, 0.25) is 0 Å². The van der Waals surface area contributed by atoms with Crippen LogP contribution in [0.5, 0.6) is 0 Å². The number of methoxy groups -OCH3 is 1. The van der Waals surface area contributed by atoms with Crippen molar-refractivity contribution >= 4 is 23.7 Å². The number of ether oxygens (including phenoxy) is 1. The number of aryl methyl sites for hydroxylation is 1. The molecule has 1 aromatic carbocycles. The molecule has 1 heterocycles. The van der Waals surface area contributed by atoms with E-state index in [-0.39, 0.29) is 43.1 Å². The molecule has 3 atom stereocenters. The number of esters is 1. The van der Waals surface area contributed by atoms with Gasteiger partial charge in [-0.2, -0.15) is 0 Å². The normalized spacial score (nSPS) is 20.3. The molecule has 1 aliphatic carbocycles. The number of carbonyl (C=O) groups excluding carboxylic acids is 4. The Morgan fingerprint density at radius 2 is 1.94 bits per heavy atom. The van der Waals surface area contributed by atoms with Gasteiger partial charge in [-0.3, -0.25) is 14.4 Å². The highest BCUT2D eigenvalue weighted by Gasteiger charge is 2.36. The molecular formula is C24H34N4O5. The third-order valence-corrected chi connectivity index (χ3v) is 6.26. The van der Waals surface area contributed by atoms with E-state index < -0.39 is 18.1 Å². The van der Waals surface area contributed by atoms with Crippen LogP contribution in [0, 0.1) is 0 Å². The van der Waals surface area contributed by atoms with E-state index in [1.54, 1.807) is 23.9 Å². The van der Waals surface area contributed by atoms with E-state index in [0.717, 1.165) is 24.8 Å². The summed E-state index contributed by atoms with van der Waals surface area (Å²) in [4.78, 5) is 53.6. The fraction of sp³-hybridized carbons (Fsp3) is 0.583. The van der Waals surface area contributed by atoms with Gasteiger partial charge in [0, 0.05) is 13.0 Å². The molecule has 2 aliphatic rings. The predicted octanol–water partition coefficient (Wildman–Crippen LogP) is 0.781. The second-order valence-corrected chi connectivity index (χ2v) is 8.96. The van der Waals surface area contributed by atoms with Crippen molar-refractivity contribution < 1.29 is 23.9 Å². The SMILES string of the molecule is COC(=O)[C@H](CCC(=O)N[C@@H]1CCc2ccccc21)NC(=O)[C@@H]1CCCN1C(=O)CN(C)C. The summed E-state index contributed by atoms with van der Waals surface area (Å²) in [6, 6.07) is 6.45. The van der Waals surface area contributed by atoms with Gasteiger partial charge in [-0.1, -0.05) is 24.3 Å². The van der Waals surface area contributed by atoms with Crippen molar-refractivity contribution in [3.63, 3.8) is 0 Å². The molecule has 1 fully saturated rings. The zero-order valence-corrected chi connectivity index (χ0v) is 19.6. The molecule has 1 aromatic rings. The Morgan fingerprint density at radius 3 is 2.67 bits per heavy atom. The van der Waals surface area contributed by atoms with Crippen LogP contribution in [0.4, 0.5) is 0 Å². The van der Waals surface area contributed by atoms with Crippen LogP contribution in [-0.4, -0.2) is 79.9 Å². The molecule has 3 rings (SSSR count). The average Bonchev–Trinajstić information content (AvgIpc) is 3.43. The minimum atomic E-state index is -0.949. The fourth-order valence-electron chi connectivity index (χ4n) is 4.61. The summed E-state index contributed by atoms with van der Waals surface area (Å²) < 4.78 is 4.84. The Kier molecular flexibility index (Phi) is 8.43. The van der Waals surface area contributed by atoms with Gasteiger partial charge >= 0.3 is 5.97 Å². The van der Waals surface area contributed by atoms with E-state index in [1.165, 1.54) is 12.7 Å². The molecule has 1 aliphatic heterocycles. The smallest absolute Gasteiger partial charge is 0.328 e. The zero-order valence-electron chi connectivity index (χ0n) is 19.6. The van der Waals surface area contributed by atoms with Crippen LogP contribution in [0.15, 0.2) is 24.3 Å². The first-order valence-corrected chi connectivity index (χ1v) is 11.5. The lowest BCUT2D eigenvalue weighted by molar-refractivity contribution is -0.146. The summed E-state index contributed by atoms with van der Waals surface area (Å²) in [6.45, 7) is 0.730. The molecule has 9 heteroatoms. The van der Waals surface area contributed by atoms with Gasteiger partial charge in [-0.05, 0) is 57.3 Å². The average molecular weight is 459 g/mol. The minimum absolute atomic E-state index is 0.0328. The lowest BCUT2D eigenvalue weighted by atomic mass is 10.1. The summed E-state index contributed by atoms with van der Waals surface area (Å²) in [6.07, 6.45) is 3.24. The van der Waals surface area contributed by atoms with Crippen LogP contribution < -0.4 is 10.6 Å². The first-order valence-electron chi connectivity index (χ1n) is 11.5. The topological polar surface area (TPSA) is 108 Å². The van der Waals surface area contributed by atoms with E-state index in [0.29, 0.717) is 13.0 Å². The molecule has 33 heavy (non-hydrogen) atoms. The van der Waals surface area contributed by atoms with Crippen molar-refractivity contribution in [1.29, 1.82) is 0 Å². The Labute approximate surface area is 194 Å². The van der Waals surface area contributed by atoms with Crippen molar-refractivity contribution in [2.24, 2.45) is 0 Å². The maximum atomic E-state index is 12.9. The third kappa shape index (κ3) is 6.31. The van der Waals surface area contributed by atoms with Crippen molar-refractivity contribution in [2.75, 3.05) is 34.3 Å². The number of hydrogen-bond donors (Lipinski definition) is 2. The van der Waals surface area contributed by atoms with E-state index in [9.17, 15) is 19.2 Å². The molecule has 0 bridgehead atoms.